The van der Waals surface area contributed by atoms with Gasteiger partial charge in [0.15, 0.2) is 0 Å². The summed E-state index contributed by atoms with van der Waals surface area (Å²) in [7, 11) is 0. The molecule has 0 spiro atoms. The van der Waals surface area contributed by atoms with Crippen LogP contribution in [0.1, 0.15) is 58.1 Å². The number of nitrogens with one attached hydrogen (secondary N) is 2. The lowest BCUT2D eigenvalue weighted by Gasteiger charge is -2.32. The van der Waals surface area contributed by atoms with Gasteiger partial charge in [0, 0.05) is 36.1 Å². The molecule has 1 aromatic rings. The molecule has 3 unspecified atom stereocenters. The third-order valence-corrected chi connectivity index (χ3v) is 7.51. The monoisotopic (exact) mass is 495 g/mol. The summed E-state index contributed by atoms with van der Waals surface area (Å²) in [4.78, 5) is 0. The number of fused-ring (bicyclic) bond motifs is 1. The molecule has 3 atom stereocenters. The Labute approximate surface area is 212 Å². The number of ether oxygens (including phenoxy) is 1. The van der Waals surface area contributed by atoms with Crippen LogP contribution in [-0.4, -0.2) is 48.0 Å². The summed E-state index contributed by atoms with van der Waals surface area (Å²) in [6.45, 7) is 14.5. The van der Waals surface area contributed by atoms with Gasteiger partial charge in [-0.25, -0.2) is 0 Å². The fourth-order valence-corrected chi connectivity index (χ4v) is 3.98. The Bertz CT molecular complexity index is 740. The van der Waals surface area contributed by atoms with Crippen LogP contribution in [0.15, 0.2) is 31.0 Å². The summed E-state index contributed by atoms with van der Waals surface area (Å²) in [6.07, 6.45) is 8.62. The van der Waals surface area contributed by atoms with Crippen molar-refractivity contribution in [3.8, 4) is 5.75 Å². The van der Waals surface area contributed by atoms with Crippen molar-refractivity contribution in [1.82, 2.24) is 5.32 Å². The Hall–Kier alpha value is -1.28. The molecule has 0 bridgehead atoms. The van der Waals surface area contributed by atoms with E-state index in [-0.39, 0.29) is 16.8 Å². The van der Waals surface area contributed by atoms with Crippen LogP contribution >= 0.6 is 25.3 Å². The maximum Gasteiger partial charge on any atom is 0.126 e. The Morgan fingerprint density at radius 1 is 1.33 bits per heavy atom. The molecule has 1 aliphatic heterocycles. The zero-order chi connectivity index (χ0) is 24.9. The number of aliphatic hydroxyl groups is 1. The van der Waals surface area contributed by atoms with Crippen molar-refractivity contribution >= 4 is 37.0 Å². The molecule has 1 aliphatic rings. The van der Waals surface area contributed by atoms with Gasteiger partial charge in [-0.05, 0) is 61.3 Å². The van der Waals surface area contributed by atoms with Gasteiger partial charge in [0.1, 0.15) is 18.0 Å². The lowest BCUT2D eigenvalue weighted by Crippen LogP contribution is -2.44. The van der Waals surface area contributed by atoms with E-state index in [2.05, 4.69) is 76.2 Å². The van der Waals surface area contributed by atoms with Crippen molar-refractivity contribution in [3.05, 3.63) is 42.1 Å². The summed E-state index contributed by atoms with van der Waals surface area (Å²) in [6, 6.07) is 4.16. The molecule has 0 fully saturated rings. The first-order valence-electron chi connectivity index (χ1n) is 12.0. The van der Waals surface area contributed by atoms with E-state index >= 15 is 0 Å². The first-order chi connectivity index (χ1) is 15.7. The molecule has 0 amide bonds. The van der Waals surface area contributed by atoms with E-state index in [1.165, 1.54) is 12.0 Å². The van der Waals surface area contributed by atoms with Crippen LogP contribution in [0.5, 0.6) is 5.75 Å². The molecule has 2 rings (SSSR count). The Balaban J connectivity index is 0.000000801. The van der Waals surface area contributed by atoms with E-state index in [0.717, 1.165) is 55.1 Å². The van der Waals surface area contributed by atoms with Crippen molar-refractivity contribution in [3.63, 3.8) is 0 Å². The highest BCUT2D eigenvalue weighted by Crippen LogP contribution is 2.34. The Morgan fingerprint density at radius 3 is 2.61 bits per heavy atom. The van der Waals surface area contributed by atoms with E-state index in [4.69, 9.17) is 10.5 Å². The van der Waals surface area contributed by atoms with Gasteiger partial charge in [-0.3, -0.25) is 0 Å². The maximum absolute atomic E-state index is 10.6. The highest BCUT2D eigenvalue weighted by Gasteiger charge is 2.28. The number of rotatable bonds is 12. The number of unbranched alkanes of at least 4 members (excludes halogenated alkanes) is 1. The predicted octanol–water partition coefficient (Wildman–Crippen LogP) is 4.92. The molecule has 7 heteroatoms. The second-order valence-corrected chi connectivity index (χ2v) is 10.0. The van der Waals surface area contributed by atoms with Crippen LogP contribution in [-0.2, 0) is 6.42 Å². The summed E-state index contributed by atoms with van der Waals surface area (Å²) < 4.78 is 6.12. The highest BCUT2D eigenvalue weighted by atomic mass is 32.1. The van der Waals surface area contributed by atoms with E-state index in [1.807, 2.05) is 18.2 Å². The SMILES string of the molecule is C=Cc1cc2c(cc1NCC)CCC(C(O)CNCC(S)C(C)(C)CS)O2.CCC/C=C/N. The molecular formula is C26H45N3O2S2. The predicted molar refractivity (Wildman–Crippen MR) is 151 cm³/mol. The lowest BCUT2D eigenvalue weighted by atomic mass is 9.91. The first kappa shape index (κ1) is 29.8. The number of benzene rings is 1. The zero-order valence-corrected chi connectivity index (χ0v) is 22.6. The molecule has 0 saturated carbocycles. The lowest BCUT2D eigenvalue weighted by molar-refractivity contribution is 0.0244. The maximum atomic E-state index is 10.6. The summed E-state index contributed by atoms with van der Waals surface area (Å²) in [5, 5.41) is 17.4. The fourth-order valence-electron chi connectivity index (χ4n) is 3.39. The second-order valence-electron chi connectivity index (χ2n) is 9.08. The molecule has 5 N–H and O–H groups in total. The van der Waals surface area contributed by atoms with Crippen LogP contribution in [0, 0.1) is 5.41 Å². The summed E-state index contributed by atoms with van der Waals surface area (Å²) >= 11 is 9.06. The van der Waals surface area contributed by atoms with E-state index in [0.29, 0.717) is 6.54 Å². The van der Waals surface area contributed by atoms with Crippen LogP contribution in [0.2, 0.25) is 0 Å². The first-order valence-corrected chi connectivity index (χ1v) is 13.1. The van der Waals surface area contributed by atoms with Gasteiger partial charge >= 0.3 is 0 Å². The third-order valence-electron chi connectivity index (χ3n) is 5.82. The minimum Gasteiger partial charge on any atom is -0.487 e. The van der Waals surface area contributed by atoms with Gasteiger partial charge in [0.2, 0.25) is 0 Å². The molecule has 33 heavy (non-hydrogen) atoms. The Kier molecular flexibility index (Phi) is 14.1. The molecule has 0 radical (unpaired) electrons. The number of anilines is 1. The van der Waals surface area contributed by atoms with E-state index in [9.17, 15) is 5.11 Å². The fraction of sp³-hybridized carbons (Fsp3) is 0.615. The number of aliphatic hydroxyl groups excluding tert-OH is 1. The molecule has 5 nitrogen and oxygen atoms in total. The van der Waals surface area contributed by atoms with Gasteiger partial charge in [0.25, 0.3) is 0 Å². The minimum absolute atomic E-state index is 0.0375. The minimum atomic E-state index is -0.557. The van der Waals surface area contributed by atoms with Crippen LogP contribution < -0.4 is 21.1 Å². The average Bonchev–Trinajstić information content (AvgIpc) is 2.82. The van der Waals surface area contributed by atoms with Gasteiger partial charge in [-0.2, -0.15) is 25.3 Å². The molecule has 0 aromatic heterocycles. The highest BCUT2D eigenvalue weighted by molar-refractivity contribution is 7.81. The van der Waals surface area contributed by atoms with Crippen molar-refractivity contribution < 1.29 is 9.84 Å². The average molecular weight is 496 g/mol. The topological polar surface area (TPSA) is 79.5 Å². The number of allylic oxidation sites excluding steroid dienone is 1. The summed E-state index contributed by atoms with van der Waals surface area (Å²) in [5.74, 6) is 1.62. The zero-order valence-electron chi connectivity index (χ0n) is 20.8. The third kappa shape index (κ3) is 9.85. The standard InChI is InChI=1S/C21H34N2O2S2.C5H11N/c1-5-14-10-19-15(9-16(14)23-6-2)7-8-18(25-19)17(24)11-22-12-20(27)21(3,4)13-26;1-2-3-4-5-6/h5,9-10,17-18,20,22-24,26-27H,1,6-8,11-13H2,2-4H3;4-5H,2-3,6H2,1H3/b;5-4+. The van der Waals surface area contributed by atoms with Gasteiger partial charge in [-0.1, -0.05) is 45.9 Å². The molecule has 188 valence electrons. The van der Waals surface area contributed by atoms with Crippen molar-refractivity contribution in [2.24, 2.45) is 11.1 Å². The van der Waals surface area contributed by atoms with E-state index < -0.39 is 6.10 Å². The van der Waals surface area contributed by atoms with Crippen molar-refractivity contribution in [1.29, 1.82) is 0 Å². The molecule has 0 aliphatic carbocycles. The summed E-state index contributed by atoms with van der Waals surface area (Å²) in [5.41, 5.74) is 8.36. The number of hydrogen-bond donors (Lipinski definition) is 6. The number of aryl methyl sites for hydroxylation is 1. The Morgan fingerprint density at radius 2 is 2.06 bits per heavy atom. The van der Waals surface area contributed by atoms with Crippen LogP contribution in [0.25, 0.3) is 6.08 Å². The van der Waals surface area contributed by atoms with Gasteiger partial charge in [-0.15, -0.1) is 0 Å². The largest absolute Gasteiger partial charge is 0.487 e. The normalized spacial score (nSPS) is 17.4. The molecule has 0 saturated heterocycles. The molecular weight excluding hydrogens is 450 g/mol. The van der Waals surface area contributed by atoms with Crippen molar-refractivity contribution in [2.75, 3.05) is 30.7 Å². The molecule has 1 aromatic carbocycles. The molecule has 1 heterocycles. The van der Waals surface area contributed by atoms with E-state index in [1.54, 1.807) is 6.20 Å². The number of thiol groups is 2. The smallest absolute Gasteiger partial charge is 0.126 e. The second kappa shape index (κ2) is 15.6. The van der Waals surface area contributed by atoms with Crippen LogP contribution in [0.4, 0.5) is 5.69 Å². The van der Waals surface area contributed by atoms with Crippen molar-refractivity contribution in [2.45, 2.75) is 70.8 Å². The van der Waals surface area contributed by atoms with Crippen LogP contribution in [0.3, 0.4) is 0 Å². The van der Waals surface area contributed by atoms with Gasteiger partial charge < -0.3 is 26.2 Å². The number of nitrogens with two attached hydrogens (primary N) is 1. The number of hydrogen-bond acceptors (Lipinski definition) is 7. The van der Waals surface area contributed by atoms with Gasteiger partial charge in [0.05, 0.1) is 0 Å². The quantitative estimate of drug-likeness (QED) is 0.232.